The molecule has 0 aliphatic rings. The highest BCUT2D eigenvalue weighted by Crippen LogP contribution is 2.20. The van der Waals surface area contributed by atoms with Gasteiger partial charge in [-0.2, -0.15) is 0 Å². The summed E-state index contributed by atoms with van der Waals surface area (Å²) in [4.78, 5) is 5.27. The standard InChI is InChI=1S/C11H12N2/c1-13(11-8-5-9-12-11)10-6-3-2-4-7-10/h2-9,12H,1H3. The van der Waals surface area contributed by atoms with Crippen LogP contribution < -0.4 is 4.90 Å². The number of benzene rings is 1. The molecular weight excluding hydrogens is 160 g/mol. The van der Waals surface area contributed by atoms with Crippen LogP contribution >= 0.6 is 0 Å². The third kappa shape index (κ3) is 1.56. The van der Waals surface area contributed by atoms with E-state index in [1.54, 1.807) is 0 Å². The first-order chi connectivity index (χ1) is 6.38. The molecule has 2 nitrogen and oxygen atoms in total. The third-order valence-corrected chi connectivity index (χ3v) is 2.09. The molecule has 0 amide bonds. The summed E-state index contributed by atoms with van der Waals surface area (Å²) in [5.41, 5.74) is 1.19. The van der Waals surface area contributed by atoms with Crippen molar-refractivity contribution >= 4 is 11.5 Å². The summed E-state index contributed by atoms with van der Waals surface area (Å²) in [6.07, 6.45) is 1.93. The van der Waals surface area contributed by atoms with Crippen molar-refractivity contribution < 1.29 is 0 Å². The Morgan fingerprint density at radius 2 is 1.77 bits per heavy atom. The zero-order valence-electron chi connectivity index (χ0n) is 7.57. The quantitative estimate of drug-likeness (QED) is 0.738. The average Bonchev–Trinajstić information content (AvgIpc) is 2.71. The van der Waals surface area contributed by atoms with E-state index < -0.39 is 0 Å². The smallest absolute Gasteiger partial charge is 0.110 e. The number of nitrogens with zero attached hydrogens (tertiary/aromatic N) is 1. The van der Waals surface area contributed by atoms with Crippen LogP contribution in [0.1, 0.15) is 0 Å². The second-order valence-electron chi connectivity index (χ2n) is 2.95. The molecule has 1 aromatic carbocycles. The number of para-hydroxylation sites is 1. The molecule has 2 heteroatoms. The fourth-order valence-electron chi connectivity index (χ4n) is 1.32. The number of anilines is 2. The van der Waals surface area contributed by atoms with Crippen LogP contribution in [0.3, 0.4) is 0 Å². The third-order valence-electron chi connectivity index (χ3n) is 2.09. The van der Waals surface area contributed by atoms with Gasteiger partial charge in [0.2, 0.25) is 0 Å². The minimum Gasteiger partial charge on any atom is -0.348 e. The first kappa shape index (κ1) is 7.92. The van der Waals surface area contributed by atoms with Gasteiger partial charge in [0, 0.05) is 18.9 Å². The van der Waals surface area contributed by atoms with Crippen molar-refractivity contribution in [2.24, 2.45) is 0 Å². The van der Waals surface area contributed by atoms with Crippen LogP contribution in [0.2, 0.25) is 0 Å². The molecule has 1 N–H and O–H groups in total. The van der Waals surface area contributed by atoms with Crippen molar-refractivity contribution in [2.45, 2.75) is 0 Å². The van der Waals surface area contributed by atoms with E-state index in [4.69, 9.17) is 0 Å². The topological polar surface area (TPSA) is 19.0 Å². The van der Waals surface area contributed by atoms with E-state index in [1.165, 1.54) is 5.69 Å². The van der Waals surface area contributed by atoms with Crippen LogP contribution in [-0.2, 0) is 0 Å². The van der Waals surface area contributed by atoms with Crippen LogP contribution in [0.5, 0.6) is 0 Å². The summed E-state index contributed by atoms with van der Waals surface area (Å²) in [7, 11) is 2.04. The van der Waals surface area contributed by atoms with Crippen molar-refractivity contribution in [1.82, 2.24) is 4.98 Å². The second kappa shape index (κ2) is 3.35. The van der Waals surface area contributed by atoms with Gasteiger partial charge in [-0.3, -0.25) is 0 Å². The van der Waals surface area contributed by atoms with Gasteiger partial charge in [0.1, 0.15) is 5.82 Å². The normalized spacial score (nSPS) is 9.92. The molecule has 2 aromatic rings. The first-order valence-corrected chi connectivity index (χ1v) is 4.30. The Kier molecular flexibility index (Phi) is 2.04. The summed E-state index contributed by atoms with van der Waals surface area (Å²) in [6, 6.07) is 14.3. The van der Waals surface area contributed by atoms with Crippen molar-refractivity contribution in [2.75, 3.05) is 11.9 Å². The lowest BCUT2D eigenvalue weighted by Crippen LogP contribution is -2.08. The highest BCUT2D eigenvalue weighted by Gasteiger charge is 2.01. The van der Waals surface area contributed by atoms with Crippen LogP contribution in [0.4, 0.5) is 11.5 Å². The van der Waals surface area contributed by atoms with E-state index in [2.05, 4.69) is 22.0 Å². The molecule has 0 spiro atoms. The maximum Gasteiger partial charge on any atom is 0.110 e. The average molecular weight is 172 g/mol. The highest BCUT2D eigenvalue weighted by molar-refractivity contribution is 5.58. The molecule has 2 rings (SSSR count). The van der Waals surface area contributed by atoms with Crippen LogP contribution in [-0.4, -0.2) is 12.0 Å². The van der Waals surface area contributed by atoms with Gasteiger partial charge in [0.05, 0.1) is 0 Å². The fourth-order valence-corrected chi connectivity index (χ4v) is 1.32. The molecule has 0 atom stereocenters. The molecule has 0 radical (unpaired) electrons. The Morgan fingerprint density at radius 1 is 1.00 bits per heavy atom. The van der Waals surface area contributed by atoms with Gasteiger partial charge in [-0.05, 0) is 24.3 Å². The SMILES string of the molecule is CN(c1ccccc1)c1ccc[nH]1. The molecule has 0 saturated heterocycles. The Morgan fingerprint density at radius 3 is 2.38 bits per heavy atom. The molecule has 66 valence electrons. The second-order valence-corrected chi connectivity index (χ2v) is 2.95. The highest BCUT2D eigenvalue weighted by atomic mass is 15.2. The van der Waals surface area contributed by atoms with Gasteiger partial charge in [-0.15, -0.1) is 0 Å². The van der Waals surface area contributed by atoms with Crippen molar-refractivity contribution in [3.8, 4) is 0 Å². The Balaban J connectivity index is 2.29. The number of hydrogen-bond donors (Lipinski definition) is 1. The zero-order valence-corrected chi connectivity index (χ0v) is 7.57. The summed E-state index contributed by atoms with van der Waals surface area (Å²) in [5, 5.41) is 0. The lowest BCUT2D eigenvalue weighted by Gasteiger charge is -2.16. The van der Waals surface area contributed by atoms with Crippen molar-refractivity contribution in [3.05, 3.63) is 48.7 Å². The minimum absolute atomic E-state index is 1.10. The molecule has 1 heterocycles. The van der Waals surface area contributed by atoms with Crippen LogP contribution in [0.15, 0.2) is 48.7 Å². The van der Waals surface area contributed by atoms with Gasteiger partial charge in [0.25, 0.3) is 0 Å². The summed E-state index contributed by atoms with van der Waals surface area (Å²) in [6.45, 7) is 0. The Hall–Kier alpha value is -1.70. The number of rotatable bonds is 2. The van der Waals surface area contributed by atoms with Gasteiger partial charge < -0.3 is 9.88 Å². The maximum atomic E-state index is 3.16. The minimum atomic E-state index is 1.10. The molecular formula is C11H12N2. The molecule has 0 bridgehead atoms. The molecule has 13 heavy (non-hydrogen) atoms. The van der Waals surface area contributed by atoms with Crippen LogP contribution in [0, 0.1) is 0 Å². The predicted molar refractivity (Wildman–Crippen MR) is 55.3 cm³/mol. The molecule has 0 fully saturated rings. The Labute approximate surface area is 77.8 Å². The number of nitrogens with one attached hydrogen (secondary N) is 1. The van der Waals surface area contributed by atoms with E-state index in [9.17, 15) is 0 Å². The van der Waals surface area contributed by atoms with E-state index >= 15 is 0 Å². The number of H-pyrrole nitrogens is 1. The Bertz CT molecular complexity index is 351. The fraction of sp³-hybridized carbons (Fsp3) is 0.0909. The number of hydrogen-bond acceptors (Lipinski definition) is 1. The molecule has 1 aromatic heterocycles. The number of aromatic amines is 1. The van der Waals surface area contributed by atoms with E-state index in [1.807, 2.05) is 43.6 Å². The molecule has 0 aliphatic carbocycles. The number of aromatic nitrogens is 1. The van der Waals surface area contributed by atoms with Gasteiger partial charge in [-0.1, -0.05) is 18.2 Å². The summed E-state index contributed by atoms with van der Waals surface area (Å²) in [5.74, 6) is 1.10. The van der Waals surface area contributed by atoms with E-state index in [0.29, 0.717) is 0 Å². The monoisotopic (exact) mass is 172 g/mol. The van der Waals surface area contributed by atoms with E-state index in [-0.39, 0.29) is 0 Å². The van der Waals surface area contributed by atoms with E-state index in [0.717, 1.165) is 5.82 Å². The van der Waals surface area contributed by atoms with Crippen molar-refractivity contribution in [1.29, 1.82) is 0 Å². The first-order valence-electron chi connectivity index (χ1n) is 4.30. The van der Waals surface area contributed by atoms with Crippen LogP contribution in [0.25, 0.3) is 0 Å². The molecule has 0 saturated carbocycles. The summed E-state index contributed by atoms with van der Waals surface area (Å²) < 4.78 is 0. The van der Waals surface area contributed by atoms with Gasteiger partial charge in [0.15, 0.2) is 0 Å². The lowest BCUT2D eigenvalue weighted by atomic mass is 10.3. The van der Waals surface area contributed by atoms with Crippen molar-refractivity contribution in [3.63, 3.8) is 0 Å². The maximum absolute atomic E-state index is 3.16. The largest absolute Gasteiger partial charge is 0.348 e. The lowest BCUT2D eigenvalue weighted by molar-refractivity contribution is 1.15. The zero-order chi connectivity index (χ0) is 9.10. The molecule has 0 aliphatic heterocycles. The molecule has 0 unspecified atom stereocenters. The van der Waals surface area contributed by atoms with Gasteiger partial charge in [-0.25, -0.2) is 0 Å². The van der Waals surface area contributed by atoms with Gasteiger partial charge >= 0.3 is 0 Å². The summed E-state index contributed by atoms with van der Waals surface area (Å²) >= 11 is 0. The predicted octanol–water partition coefficient (Wildman–Crippen LogP) is 2.78.